The van der Waals surface area contributed by atoms with E-state index in [0.29, 0.717) is 11.5 Å². The highest BCUT2D eigenvalue weighted by molar-refractivity contribution is 5.48. The van der Waals surface area contributed by atoms with Gasteiger partial charge in [-0.2, -0.15) is 0 Å². The van der Waals surface area contributed by atoms with Gasteiger partial charge in [-0.15, -0.1) is 0 Å². The van der Waals surface area contributed by atoms with Crippen LogP contribution >= 0.6 is 0 Å². The summed E-state index contributed by atoms with van der Waals surface area (Å²) in [5.41, 5.74) is 2.93. The molecule has 1 atom stereocenters. The van der Waals surface area contributed by atoms with Crippen molar-refractivity contribution in [3.63, 3.8) is 0 Å². The highest BCUT2D eigenvalue weighted by atomic mass is 19.1. The number of hydrogen-bond donors (Lipinski definition) is 1. The SMILES string of the molecule is CCc1c(C2CCCNC2)cc(F)c(C)c1OC. The fraction of sp³-hybridized carbons (Fsp3) is 0.600. The van der Waals surface area contributed by atoms with Crippen molar-refractivity contribution in [3.8, 4) is 5.75 Å². The standard InChI is InChI=1S/C15H22FNO/c1-4-12-13(11-6-5-7-17-9-11)8-14(16)10(2)15(12)18-3/h8,11,17H,4-7,9H2,1-3H3. The van der Waals surface area contributed by atoms with Gasteiger partial charge in [0.25, 0.3) is 0 Å². The molecule has 0 aromatic heterocycles. The minimum absolute atomic E-state index is 0.148. The van der Waals surface area contributed by atoms with Gasteiger partial charge in [-0.25, -0.2) is 4.39 Å². The molecule has 2 rings (SSSR count). The Morgan fingerprint density at radius 2 is 2.28 bits per heavy atom. The van der Waals surface area contributed by atoms with Gasteiger partial charge in [0.15, 0.2) is 0 Å². The minimum atomic E-state index is -0.148. The maximum absolute atomic E-state index is 14.0. The van der Waals surface area contributed by atoms with Gasteiger partial charge in [-0.3, -0.25) is 0 Å². The number of ether oxygens (including phenoxy) is 1. The van der Waals surface area contributed by atoms with Crippen molar-refractivity contribution >= 4 is 0 Å². The molecule has 100 valence electrons. The van der Waals surface area contributed by atoms with E-state index in [4.69, 9.17) is 4.74 Å². The fourth-order valence-electron chi connectivity index (χ4n) is 2.92. The predicted octanol–water partition coefficient (Wildman–Crippen LogP) is 3.17. The van der Waals surface area contributed by atoms with E-state index in [1.54, 1.807) is 20.1 Å². The van der Waals surface area contributed by atoms with E-state index >= 15 is 0 Å². The highest BCUT2D eigenvalue weighted by Gasteiger charge is 2.22. The van der Waals surface area contributed by atoms with Crippen LogP contribution in [0, 0.1) is 12.7 Å². The van der Waals surface area contributed by atoms with Crippen LogP contribution in [0.2, 0.25) is 0 Å². The minimum Gasteiger partial charge on any atom is -0.496 e. The lowest BCUT2D eigenvalue weighted by Crippen LogP contribution is -2.29. The largest absolute Gasteiger partial charge is 0.496 e. The second kappa shape index (κ2) is 5.70. The molecule has 1 unspecified atom stereocenters. The van der Waals surface area contributed by atoms with Crippen molar-refractivity contribution < 1.29 is 9.13 Å². The van der Waals surface area contributed by atoms with E-state index in [2.05, 4.69) is 12.2 Å². The first-order valence-electron chi connectivity index (χ1n) is 6.75. The van der Waals surface area contributed by atoms with Crippen LogP contribution in [0.5, 0.6) is 5.75 Å². The maximum atomic E-state index is 14.0. The predicted molar refractivity (Wildman–Crippen MR) is 71.9 cm³/mol. The van der Waals surface area contributed by atoms with E-state index in [9.17, 15) is 4.39 Å². The molecule has 2 nitrogen and oxygen atoms in total. The average Bonchev–Trinajstić information content (AvgIpc) is 2.42. The maximum Gasteiger partial charge on any atom is 0.130 e. The molecule has 1 N–H and O–H groups in total. The van der Waals surface area contributed by atoms with E-state index < -0.39 is 0 Å². The van der Waals surface area contributed by atoms with Crippen molar-refractivity contribution in [1.29, 1.82) is 0 Å². The average molecular weight is 251 g/mol. The summed E-state index contributed by atoms with van der Waals surface area (Å²) in [5, 5.41) is 3.39. The molecule has 1 fully saturated rings. The second-order valence-electron chi connectivity index (χ2n) is 4.98. The zero-order valence-electron chi connectivity index (χ0n) is 11.5. The van der Waals surface area contributed by atoms with Crippen molar-refractivity contribution in [2.24, 2.45) is 0 Å². The number of hydrogen-bond acceptors (Lipinski definition) is 2. The summed E-state index contributed by atoms with van der Waals surface area (Å²) in [5.74, 6) is 1.00. The first kappa shape index (κ1) is 13.3. The van der Waals surface area contributed by atoms with Gasteiger partial charge < -0.3 is 10.1 Å². The van der Waals surface area contributed by atoms with Crippen molar-refractivity contribution in [2.45, 2.75) is 39.0 Å². The Bertz CT molecular complexity index is 425. The number of halogens is 1. The topological polar surface area (TPSA) is 21.3 Å². The fourth-order valence-corrected chi connectivity index (χ4v) is 2.92. The van der Waals surface area contributed by atoms with Crippen LogP contribution < -0.4 is 10.1 Å². The van der Waals surface area contributed by atoms with Gasteiger partial charge in [0.2, 0.25) is 0 Å². The molecule has 1 heterocycles. The van der Waals surface area contributed by atoms with Gasteiger partial charge in [0.05, 0.1) is 7.11 Å². The molecule has 0 radical (unpaired) electrons. The summed E-state index contributed by atoms with van der Waals surface area (Å²) in [7, 11) is 1.63. The Balaban J connectivity index is 2.47. The first-order valence-corrected chi connectivity index (χ1v) is 6.75. The molecule has 0 saturated carbocycles. The highest BCUT2D eigenvalue weighted by Crippen LogP contribution is 2.35. The van der Waals surface area contributed by atoms with Crippen molar-refractivity contribution in [1.82, 2.24) is 5.32 Å². The lowest BCUT2D eigenvalue weighted by molar-refractivity contribution is 0.397. The van der Waals surface area contributed by atoms with E-state index in [1.165, 1.54) is 5.56 Å². The first-order chi connectivity index (χ1) is 8.69. The molecule has 0 bridgehead atoms. The summed E-state index contributed by atoms with van der Waals surface area (Å²) < 4.78 is 19.4. The third-order valence-electron chi connectivity index (χ3n) is 3.90. The van der Waals surface area contributed by atoms with Crippen LogP contribution in [0.15, 0.2) is 6.07 Å². The number of methoxy groups -OCH3 is 1. The van der Waals surface area contributed by atoms with Crippen LogP contribution in [0.4, 0.5) is 4.39 Å². The Hall–Kier alpha value is -1.09. The smallest absolute Gasteiger partial charge is 0.130 e. The molecular formula is C15H22FNO. The van der Waals surface area contributed by atoms with Crippen LogP contribution in [0.3, 0.4) is 0 Å². The summed E-state index contributed by atoms with van der Waals surface area (Å²) in [6.07, 6.45) is 3.17. The number of nitrogens with one attached hydrogen (secondary N) is 1. The normalized spacial score (nSPS) is 19.9. The van der Waals surface area contributed by atoms with Gasteiger partial charge in [0.1, 0.15) is 11.6 Å². The zero-order valence-corrected chi connectivity index (χ0v) is 11.5. The molecule has 0 amide bonds. The van der Waals surface area contributed by atoms with Crippen LogP contribution in [0.25, 0.3) is 0 Å². The Morgan fingerprint density at radius 1 is 1.50 bits per heavy atom. The van der Waals surface area contributed by atoms with Crippen LogP contribution in [0.1, 0.15) is 42.4 Å². The molecule has 1 aromatic rings. The third-order valence-corrected chi connectivity index (χ3v) is 3.90. The summed E-state index contributed by atoms with van der Waals surface area (Å²) >= 11 is 0. The lowest BCUT2D eigenvalue weighted by Gasteiger charge is -2.26. The van der Waals surface area contributed by atoms with Crippen molar-refractivity contribution in [3.05, 3.63) is 28.6 Å². The summed E-state index contributed by atoms with van der Waals surface area (Å²) in [6.45, 7) is 5.91. The van der Waals surface area contributed by atoms with Crippen LogP contribution in [-0.4, -0.2) is 20.2 Å². The van der Waals surface area contributed by atoms with Gasteiger partial charge >= 0.3 is 0 Å². The molecule has 0 spiro atoms. The number of rotatable bonds is 3. The van der Waals surface area contributed by atoms with E-state index in [0.717, 1.165) is 43.7 Å². The lowest BCUT2D eigenvalue weighted by atomic mass is 9.86. The molecule has 0 aliphatic carbocycles. The van der Waals surface area contributed by atoms with Gasteiger partial charge in [-0.1, -0.05) is 6.92 Å². The second-order valence-corrected chi connectivity index (χ2v) is 4.98. The molecule has 1 saturated heterocycles. The summed E-state index contributed by atoms with van der Waals surface area (Å²) in [6, 6.07) is 1.72. The Labute approximate surface area is 109 Å². The van der Waals surface area contributed by atoms with Crippen LogP contribution in [-0.2, 0) is 6.42 Å². The quantitative estimate of drug-likeness (QED) is 0.891. The molecule has 1 aliphatic rings. The molecule has 1 aliphatic heterocycles. The van der Waals surface area contributed by atoms with E-state index in [-0.39, 0.29) is 5.82 Å². The summed E-state index contributed by atoms with van der Waals surface area (Å²) in [4.78, 5) is 0. The Kier molecular flexibility index (Phi) is 4.23. The molecule has 18 heavy (non-hydrogen) atoms. The van der Waals surface area contributed by atoms with Crippen molar-refractivity contribution in [2.75, 3.05) is 20.2 Å². The molecule has 1 aromatic carbocycles. The zero-order chi connectivity index (χ0) is 13.1. The third kappa shape index (κ3) is 2.37. The molecular weight excluding hydrogens is 229 g/mol. The monoisotopic (exact) mass is 251 g/mol. The van der Waals surface area contributed by atoms with Gasteiger partial charge in [0, 0.05) is 12.1 Å². The number of benzene rings is 1. The number of piperidine rings is 1. The Morgan fingerprint density at radius 3 is 2.83 bits per heavy atom. The van der Waals surface area contributed by atoms with E-state index in [1.807, 2.05) is 0 Å². The molecule has 3 heteroatoms. The van der Waals surface area contributed by atoms with Gasteiger partial charge in [-0.05, 0) is 55.8 Å².